The number of anilines is 3. The molecule has 4 heterocycles. The van der Waals surface area contributed by atoms with Crippen molar-refractivity contribution in [1.29, 1.82) is 0 Å². The Morgan fingerprint density at radius 3 is 2.54 bits per heavy atom. The smallest absolute Gasteiger partial charge is 0.269 e. The number of aliphatic hydroxyl groups is 2. The molecule has 3 aliphatic heterocycles. The number of rotatable bonds is 18. The molecule has 6 atom stereocenters. The van der Waals surface area contributed by atoms with Crippen molar-refractivity contribution in [2.75, 3.05) is 36.2 Å². The zero-order valence-electron chi connectivity index (χ0n) is 37.1. The summed E-state index contributed by atoms with van der Waals surface area (Å²) in [6.45, 7) is 8.19. The highest BCUT2D eigenvalue weighted by molar-refractivity contribution is 6.72. The molecule has 2 amide bonds. The monoisotopic (exact) mass is 905 g/mol. The molecule has 0 aliphatic carbocycles. The number of amides is 2. The Kier molecular flexibility index (Phi) is 13.3. The minimum absolute atomic E-state index is 0.0390. The van der Waals surface area contributed by atoms with Crippen LogP contribution in [0.25, 0.3) is 0 Å². The number of hydrogen-bond donors (Lipinski definition) is 3. The van der Waals surface area contributed by atoms with E-state index in [0.717, 1.165) is 11.1 Å². The van der Waals surface area contributed by atoms with Crippen LogP contribution in [0, 0.1) is 16.0 Å². The molecule has 1 fully saturated rings. The summed E-state index contributed by atoms with van der Waals surface area (Å²) in [7, 11) is -3.59. The molecular weight excluding hydrogens is 850 g/mol. The molecular formula is C48H56FN7O8Si. The molecule has 342 valence electrons. The Bertz CT molecular complexity index is 2540. The standard InChI is InChI=1S/C48H56FN7O8Si/c1-5-63-37-17-19-42-34(25-37)26-40(50-21-9-10-23-57)46(59)55(42)35-15-11-12-32(24-35)28-54-43-18-16-36(56(61)62)27-39(43)48(47(54)60)31(2)45(65(3,4)49)44(64-48)20-22-53-29-41(51-52-53)38(30-58)33-13-7-6-8-14-33/h6-8,11-19,24-25,27,29,31,38,40,44-45,50,57-58H,5,9-10,20-23,26,28,30H2,1-4H3/t31-,38?,40?,44+,45-,48+/m0/s1. The Balaban J connectivity index is 1.10. The quantitative estimate of drug-likeness (QED) is 0.0269. The summed E-state index contributed by atoms with van der Waals surface area (Å²) >= 11 is 0. The fraction of sp³-hybridized carbons (Fsp3) is 0.417. The molecule has 3 N–H and O–H groups in total. The second kappa shape index (κ2) is 18.9. The van der Waals surface area contributed by atoms with E-state index >= 15 is 8.90 Å². The largest absolute Gasteiger partial charge is 0.494 e. The highest BCUT2D eigenvalue weighted by Gasteiger charge is 2.67. The number of aromatic nitrogens is 3. The van der Waals surface area contributed by atoms with Crippen LogP contribution in [0.2, 0.25) is 18.6 Å². The van der Waals surface area contributed by atoms with Crippen molar-refractivity contribution in [3.05, 3.63) is 135 Å². The van der Waals surface area contributed by atoms with Gasteiger partial charge in [0.15, 0.2) is 5.60 Å². The first-order chi connectivity index (χ1) is 31.3. The van der Waals surface area contributed by atoms with Crippen molar-refractivity contribution in [2.24, 2.45) is 5.92 Å². The maximum atomic E-state index is 16.7. The van der Waals surface area contributed by atoms with Crippen LogP contribution < -0.4 is 19.9 Å². The van der Waals surface area contributed by atoms with Gasteiger partial charge in [0.25, 0.3) is 11.6 Å². The van der Waals surface area contributed by atoms with Crippen molar-refractivity contribution in [3.8, 4) is 5.75 Å². The molecule has 8 rings (SSSR count). The molecule has 2 unspecified atom stereocenters. The SMILES string of the molecule is CCOc1ccc2c(c1)CC(NCCCCO)C(=O)N2c1cccc(CN2C(=O)[C@]3(O[C@H](CCn4cc(C(CO)c5ccccc5)nn4)[C@@H]([Si](C)(C)F)[C@@H]3C)c3cc([N+](=O)[O-])ccc32)c1. The number of halogens is 1. The molecule has 1 saturated heterocycles. The van der Waals surface area contributed by atoms with E-state index < -0.39 is 48.4 Å². The number of hydrogen-bond acceptors (Lipinski definition) is 11. The number of nitrogens with one attached hydrogen (secondary N) is 1. The average molecular weight is 906 g/mol. The number of unbranched alkanes of at least 4 members (excludes halogenated alkanes) is 1. The van der Waals surface area contributed by atoms with Crippen molar-refractivity contribution in [2.45, 2.75) is 94.9 Å². The third-order valence-corrected chi connectivity index (χ3v) is 15.6. The molecule has 0 saturated carbocycles. The van der Waals surface area contributed by atoms with Gasteiger partial charge in [-0.15, -0.1) is 5.10 Å². The summed E-state index contributed by atoms with van der Waals surface area (Å²) in [5.74, 6) is -0.974. The number of nitro benzene ring substituents is 1. The number of non-ortho nitro benzene ring substituents is 1. The zero-order chi connectivity index (χ0) is 46.0. The maximum absolute atomic E-state index is 16.7. The van der Waals surface area contributed by atoms with Gasteiger partial charge in [-0.25, -0.2) is 0 Å². The second-order valence-electron chi connectivity index (χ2n) is 17.7. The van der Waals surface area contributed by atoms with Crippen LogP contribution in [0.4, 0.5) is 26.9 Å². The lowest BCUT2D eigenvalue weighted by atomic mass is 9.82. The van der Waals surface area contributed by atoms with E-state index in [1.807, 2.05) is 86.6 Å². The molecule has 15 nitrogen and oxygen atoms in total. The Morgan fingerprint density at radius 2 is 1.82 bits per heavy atom. The first-order valence-corrected chi connectivity index (χ1v) is 25.3. The third-order valence-electron chi connectivity index (χ3n) is 13.1. The van der Waals surface area contributed by atoms with E-state index in [0.29, 0.717) is 72.0 Å². The van der Waals surface area contributed by atoms with Crippen LogP contribution in [0.1, 0.15) is 67.0 Å². The van der Waals surface area contributed by atoms with E-state index in [2.05, 4.69) is 15.6 Å². The van der Waals surface area contributed by atoms with Crippen molar-refractivity contribution < 1.29 is 38.3 Å². The van der Waals surface area contributed by atoms with Gasteiger partial charge < -0.3 is 34.0 Å². The summed E-state index contributed by atoms with van der Waals surface area (Å²) in [6.07, 6.45) is 3.06. The number of nitrogens with zero attached hydrogens (tertiary/aromatic N) is 6. The van der Waals surface area contributed by atoms with Crippen LogP contribution in [0.15, 0.2) is 97.2 Å². The summed E-state index contributed by atoms with van der Waals surface area (Å²) in [5.41, 5.74) is 2.54. The van der Waals surface area contributed by atoms with Gasteiger partial charge in [-0.1, -0.05) is 54.6 Å². The molecule has 1 aromatic heterocycles. The number of carbonyl (C=O) groups is 2. The van der Waals surface area contributed by atoms with E-state index in [-0.39, 0.29) is 50.2 Å². The van der Waals surface area contributed by atoms with E-state index in [1.54, 1.807) is 39.8 Å². The Morgan fingerprint density at radius 1 is 1.03 bits per heavy atom. The summed E-state index contributed by atoms with van der Waals surface area (Å²) < 4.78 is 31.1. The van der Waals surface area contributed by atoms with Crippen molar-refractivity contribution in [1.82, 2.24) is 20.3 Å². The van der Waals surface area contributed by atoms with Crippen molar-refractivity contribution in [3.63, 3.8) is 0 Å². The highest BCUT2D eigenvalue weighted by Crippen LogP contribution is 2.61. The molecule has 1 spiro atoms. The van der Waals surface area contributed by atoms with Gasteiger partial charge >= 0.3 is 0 Å². The van der Waals surface area contributed by atoms with Gasteiger partial charge in [0, 0.05) is 54.2 Å². The van der Waals surface area contributed by atoms with Gasteiger partial charge in [-0.2, -0.15) is 0 Å². The van der Waals surface area contributed by atoms with Crippen LogP contribution in [0.3, 0.4) is 0 Å². The zero-order valence-corrected chi connectivity index (χ0v) is 38.1. The summed E-state index contributed by atoms with van der Waals surface area (Å²) in [6, 6.07) is 26.4. The van der Waals surface area contributed by atoms with E-state index in [9.17, 15) is 25.1 Å². The number of carbonyl (C=O) groups excluding carboxylic acids is 2. The number of benzene rings is 4. The van der Waals surface area contributed by atoms with Gasteiger partial charge in [0.1, 0.15) is 5.75 Å². The molecule has 3 aliphatic rings. The normalized spacial score (nSPS) is 22.1. The predicted molar refractivity (Wildman–Crippen MR) is 245 cm³/mol. The molecule has 4 aromatic carbocycles. The van der Waals surface area contributed by atoms with Gasteiger partial charge in [-0.05, 0) is 105 Å². The molecule has 0 bridgehead atoms. The molecule has 5 aromatic rings. The van der Waals surface area contributed by atoms with E-state index in [4.69, 9.17) is 9.47 Å². The van der Waals surface area contributed by atoms with Crippen molar-refractivity contribution >= 4 is 43.0 Å². The first kappa shape index (κ1) is 45.7. The van der Waals surface area contributed by atoms with Crippen LogP contribution >= 0.6 is 0 Å². The lowest BCUT2D eigenvalue weighted by Crippen LogP contribution is -2.49. The second-order valence-corrected chi connectivity index (χ2v) is 21.5. The Hall–Kier alpha value is -5.85. The lowest BCUT2D eigenvalue weighted by Gasteiger charge is -2.35. The summed E-state index contributed by atoms with van der Waals surface area (Å²) in [4.78, 5) is 44.6. The third kappa shape index (κ3) is 8.82. The molecule has 17 heteroatoms. The number of nitro groups is 1. The number of aryl methyl sites for hydroxylation is 1. The first-order valence-electron chi connectivity index (χ1n) is 22.3. The predicted octanol–water partition coefficient (Wildman–Crippen LogP) is 7.07. The Labute approximate surface area is 378 Å². The average Bonchev–Trinajstić information content (AvgIpc) is 3.95. The van der Waals surface area contributed by atoms with Gasteiger partial charge in [-0.3, -0.25) is 29.3 Å². The van der Waals surface area contributed by atoms with Gasteiger partial charge in [0.2, 0.25) is 14.3 Å². The lowest BCUT2D eigenvalue weighted by molar-refractivity contribution is -0.385. The highest BCUT2D eigenvalue weighted by atomic mass is 28.4. The number of ether oxygens (including phenoxy) is 2. The van der Waals surface area contributed by atoms with Crippen LogP contribution in [-0.2, 0) is 39.4 Å². The maximum Gasteiger partial charge on any atom is 0.269 e. The van der Waals surface area contributed by atoms with Crippen LogP contribution in [0.5, 0.6) is 5.75 Å². The van der Waals surface area contributed by atoms with Crippen LogP contribution in [-0.4, -0.2) is 88.9 Å². The fourth-order valence-corrected chi connectivity index (χ4v) is 12.7. The minimum Gasteiger partial charge on any atom is -0.494 e. The summed E-state index contributed by atoms with van der Waals surface area (Å²) in [5, 5.41) is 43.9. The molecule has 65 heavy (non-hydrogen) atoms. The topological polar surface area (TPSA) is 185 Å². The molecule has 0 radical (unpaired) electrons. The minimum atomic E-state index is -3.59. The van der Waals surface area contributed by atoms with E-state index in [1.165, 1.54) is 12.1 Å². The fourth-order valence-electron chi connectivity index (χ4n) is 10.2. The number of fused-ring (bicyclic) bond motifs is 3. The van der Waals surface area contributed by atoms with Gasteiger partial charge in [0.05, 0.1) is 59.8 Å². The number of aliphatic hydroxyl groups excluding tert-OH is 2.